The van der Waals surface area contributed by atoms with Crippen molar-refractivity contribution in [2.45, 2.75) is 39.2 Å². The molecule has 0 bridgehead atoms. The van der Waals surface area contributed by atoms with E-state index in [1.165, 1.54) is 5.56 Å². The highest BCUT2D eigenvalue weighted by molar-refractivity contribution is 5.81. The first kappa shape index (κ1) is 18.6. The first-order valence-electron chi connectivity index (χ1n) is 9.71. The van der Waals surface area contributed by atoms with Crippen LogP contribution < -0.4 is 10.6 Å². The van der Waals surface area contributed by atoms with E-state index >= 15 is 0 Å². The van der Waals surface area contributed by atoms with E-state index in [4.69, 9.17) is 0 Å². The molecule has 26 heavy (non-hydrogen) atoms. The highest BCUT2D eigenvalue weighted by Crippen LogP contribution is 2.16. The van der Waals surface area contributed by atoms with Gasteiger partial charge in [-0.1, -0.05) is 38.1 Å². The minimum Gasteiger partial charge on any atom is -0.338 e. The van der Waals surface area contributed by atoms with E-state index in [1.807, 2.05) is 18.3 Å². The van der Waals surface area contributed by atoms with Crippen molar-refractivity contribution in [2.24, 2.45) is 5.92 Å². The van der Waals surface area contributed by atoms with E-state index in [-0.39, 0.29) is 12.1 Å². The predicted molar refractivity (Wildman–Crippen MR) is 106 cm³/mol. The Kier molecular flexibility index (Phi) is 6.45. The maximum atomic E-state index is 12.2. The molecule has 0 aliphatic carbocycles. The Morgan fingerprint density at radius 2 is 2.00 bits per heavy atom. The Hall–Kier alpha value is -2.14. The van der Waals surface area contributed by atoms with Gasteiger partial charge in [0.05, 0.1) is 5.52 Å². The SMILES string of the molecule is CC(C)CN1CCC(NC(=O)NCCc2cccc3cccnc23)CC1. The fourth-order valence-corrected chi connectivity index (χ4v) is 3.69. The summed E-state index contributed by atoms with van der Waals surface area (Å²) in [5.41, 5.74) is 2.19. The van der Waals surface area contributed by atoms with E-state index in [0.717, 1.165) is 49.8 Å². The van der Waals surface area contributed by atoms with Crippen LogP contribution in [0.4, 0.5) is 4.79 Å². The molecule has 3 rings (SSSR count). The number of hydrogen-bond donors (Lipinski definition) is 2. The highest BCUT2D eigenvalue weighted by atomic mass is 16.2. The van der Waals surface area contributed by atoms with Gasteiger partial charge in [0.2, 0.25) is 0 Å². The van der Waals surface area contributed by atoms with Crippen molar-refractivity contribution in [3.05, 3.63) is 42.1 Å². The molecule has 0 radical (unpaired) electrons. The molecule has 2 amide bonds. The lowest BCUT2D eigenvalue weighted by molar-refractivity contribution is 0.178. The van der Waals surface area contributed by atoms with E-state index in [9.17, 15) is 4.79 Å². The number of nitrogens with zero attached hydrogens (tertiary/aromatic N) is 2. The van der Waals surface area contributed by atoms with Crippen molar-refractivity contribution in [3.8, 4) is 0 Å². The van der Waals surface area contributed by atoms with Crippen LogP contribution in [0.2, 0.25) is 0 Å². The molecule has 5 nitrogen and oxygen atoms in total. The normalized spacial score (nSPS) is 16.1. The van der Waals surface area contributed by atoms with Gasteiger partial charge in [-0.05, 0) is 36.8 Å². The Balaban J connectivity index is 1.41. The van der Waals surface area contributed by atoms with Gasteiger partial charge in [0.1, 0.15) is 0 Å². The minimum atomic E-state index is -0.0551. The standard InChI is InChI=1S/C21H30N4O/c1-16(2)15-25-13-9-19(10-14-25)24-21(26)23-12-8-18-6-3-5-17-7-4-11-22-20(17)18/h3-7,11,16,19H,8-10,12-15H2,1-2H3,(H2,23,24,26). The maximum Gasteiger partial charge on any atom is 0.315 e. The van der Waals surface area contributed by atoms with Crippen molar-refractivity contribution >= 4 is 16.9 Å². The number of amides is 2. The van der Waals surface area contributed by atoms with Gasteiger partial charge in [-0.15, -0.1) is 0 Å². The molecule has 1 aliphatic rings. The van der Waals surface area contributed by atoms with E-state index in [0.29, 0.717) is 12.5 Å². The van der Waals surface area contributed by atoms with Gasteiger partial charge in [-0.3, -0.25) is 4.98 Å². The second kappa shape index (κ2) is 8.99. The topological polar surface area (TPSA) is 57.3 Å². The summed E-state index contributed by atoms with van der Waals surface area (Å²) in [6.07, 6.45) is 4.67. The van der Waals surface area contributed by atoms with Crippen molar-refractivity contribution in [1.82, 2.24) is 20.5 Å². The number of carbonyl (C=O) groups is 1. The number of rotatable bonds is 6. The Morgan fingerprint density at radius 3 is 2.77 bits per heavy atom. The second-order valence-corrected chi connectivity index (χ2v) is 7.61. The molecular weight excluding hydrogens is 324 g/mol. The number of likely N-dealkylation sites (tertiary alicyclic amines) is 1. The van der Waals surface area contributed by atoms with Crippen molar-refractivity contribution in [3.63, 3.8) is 0 Å². The zero-order valence-electron chi connectivity index (χ0n) is 15.9. The molecule has 0 saturated carbocycles. The summed E-state index contributed by atoms with van der Waals surface area (Å²) in [5.74, 6) is 0.700. The van der Waals surface area contributed by atoms with Crippen LogP contribution in [0.1, 0.15) is 32.3 Å². The van der Waals surface area contributed by atoms with Crippen molar-refractivity contribution in [2.75, 3.05) is 26.2 Å². The number of hydrogen-bond acceptors (Lipinski definition) is 3. The fraction of sp³-hybridized carbons (Fsp3) is 0.524. The number of urea groups is 1. The average Bonchev–Trinajstić information content (AvgIpc) is 2.63. The molecule has 2 aromatic rings. The lowest BCUT2D eigenvalue weighted by Crippen LogP contribution is -2.48. The molecule has 1 aromatic heterocycles. The van der Waals surface area contributed by atoms with Gasteiger partial charge >= 0.3 is 6.03 Å². The van der Waals surface area contributed by atoms with Gasteiger partial charge in [-0.2, -0.15) is 0 Å². The fourth-order valence-electron chi connectivity index (χ4n) is 3.69. The summed E-state index contributed by atoms with van der Waals surface area (Å²) in [4.78, 5) is 19.1. The molecule has 0 spiro atoms. The lowest BCUT2D eigenvalue weighted by atomic mass is 10.0. The molecule has 1 fully saturated rings. The molecule has 1 aliphatic heterocycles. The zero-order valence-corrected chi connectivity index (χ0v) is 15.9. The van der Waals surface area contributed by atoms with Gasteiger partial charge in [-0.25, -0.2) is 4.79 Å². The van der Waals surface area contributed by atoms with Crippen LogP contribution in [0.15, 0.2) is 36.5 Å². The summed E-state index contributed by atoms with van der Waals surface area (Å²) < 4.78 is 0. The van der Waals surface area contributed by atoms with Crippen LogP contribution in [0.25, 0.3) is 10.9 Å². The summed E-state index contributed by atoms with van der Waals surface area (Å²) in [6, 6.07) is 10.4. The third-order valence-electron chi connectivity index (χ3n) is 4.94. The third-order valence-corrected chi connectivity index (χ3v) is 4.94. The number of piperidine rings is 1. The van der Waals surface area contributed by atoms with Crippen LogP contribution in [-0.4, -0.2) is 48.1 Å². The molecule has 0 unspecified atom stereocenters. The Labute approximate surface area is 156 Å². The summed E-state index contributed by atoms with van der Waals surface area (Å²) in [7, 11) is 0. The monoisotopic (exact) mass is 354 g/mol. The van der Waals surface area contributed by atoms with Crippen LogP contribution in [0, 0.1) is 5.92 Å². The summed E-state index contributed by atoms with van der Waals surface area (Å²) in [5, 5.41) is 7.26. The van der Waals surface area contributed by atoms with Gasteiger partial charge in [0.25, 0.3) is 0 Å². The first-order chi connectivity index (χ1) is 12.6. The molecule has 1 saturated heterocycles. The van der Waals surface area contributed by atoms with Gasteiger partial charge < -0.3 is 15.5 Å². The Morgan fingerprint density at radius 1 is 1.23 bits per heavy atom. The van der Waals surface area contributed by atoms with Crippen LogP contribution in [-0.2, 0) is 6.42 Å². The van der Waals surface area contributed by atoms with E-state index in [2.05, 4.69) is 52.6 Å². The molecule has 1 aromatic carbocycles. The minimum absolute atomic E-state index is 0.0551. The maximum absolute atomic E-state index is 12.2. The predicted octanol–water partition coefficient (Wildman–Crippen LogP) is 3.20. The number of aromatic nitrogens is 1. The lowest BCUT2D eigenvalue weighted by Gasteiger charge is -2.33. The number of benzene rings is 1. The number of para-hydroxylation sites is 1. The van der Waals surface area contributed by atoms with Crippen molar-refractivity contribution < 1.29 is 4.79 Å². The van der Waals surface area contributed by atoms with E-state index < -0.39 is 0 Å². The third kappa shape index (κ3) is 5.18. The molecule has 2 N–H and O–H groups in total. The number of pyridine rings is 1. The summed E-state index contributed by atoms with van der Waals surface area (Å²) in [6.45, 7) is 8.42. The number of fused-ring (bicyclic) bond motifs is 1. The smallest absolute Gasteiger partial charge is 0.315 e. The number of nitrogens with one attached hydrogen (secondary N) is 2. The van der Waals surface area contributed by atoms with Crippen LogP contribution in [0.3, 0.4) is 0 Å². The van der Waals surface area contributed by atoms with Gasteiger partial charge in [0.15, 0.2) is 0 Å². The van der Waals surface area contributed by atoms with E-state index in [1.54, 1.807) is 0 Å². The quantitative estimate of drug-likeness (QED) is 0.837. The Bertz CT molecular complexity index is 718. The first-order valence-corrected chi connectivity index (χ1v) is 9.71. The highest BCUT2D eigenvalue weighted by Gasteiger charge is 2.20. The second-order valence-electron chi connectivity index (χ2n) is 7.61. The molecule has 2 heterocycles. The van der Waals surface area contributed by atoms with Crippen LogP contribution >= 0.6 is 0 Å². The zero-order chi connectivity index (χ0) is 18.4. The van der Waals surface area contributed by atoms with Gasteiger partial charge in [0, 0.05) is 43.8 Å². The van der Waals surface area contributed by atoms with Crippen molar-refractivity contribution in [1.29, 1.82) is 0 Å². The molecule has 0 atom stereocenters. The molecule has 140 valence electrons. The average molecular weight is 354 g/mol. The largest absolute Gasteiger partial charge is 0.338 e. The molecule has 5 heteroatoms. The number of carbonyl (C=O) groups excluding carboxylic acids is 1. The molecular formula is C21H30N4O. The summed E-state index contributed by atoms with van der Waals surface area (Å²) >= 11 is 0. The van der Waals surface area contributed by atoms with Crippen LogP contribution in [0.5, 0.6) is 0 Å².